The van der Waals surface area contributed by atoms with E-state index in [4.69, 9.17) is 27.9 Å². The minimum Gasteiger partial charge on any atom is -0.485 e. The number of ketones is 1. The summed E-state index contributed by atoms with van der Waals surface area (Å²) in [7, 11) is 0. The van der Waals surface area contributed by atoms with Gasteiger partial charge >= 0.3 is 0 Å². The van der Waals surface area contributed by atoms with E-state index >= 15 is 0 Å². The average Bonchev–Trinajstić information content (AvgIpc) is 2.64. The van der Waals surface area contributed by atoms with Crippen LogP contribution in [0, 0.1) is 13.8 Å². The molecule has 0 atom stereocenters. The first-order valence-electron chi connectivity index (χ1n) is 5.65. The second-order valence-electron chi connectivity index (χ2n) is 4.14. The second-order valence-corrected chi connectivity index (χ2v) is 6.48. The molecule has 5 heteroatoms. The van der Waals surface area contributed by atoms with Gasteiger partial charge in [-0.3, -0.25) is 4.79 Å². The lowest BCUT2D eigenvalue weighted by atomic mass is 10.2. The highest BCUT2D eigenvalue weighted by molar-refractivity contribution is 7.12. The lowest BCUT2D eigenvalue weighted by Crippen LogP contribution is -2.11. The van der Waals surface area contributed by atoms with Crippen LogP contribution in [0.4, 0.5) is 0 Å². The standard InChI is InChI=1S/C14H12Cl2O2S/c1-8-3-13(9(2)19-8)14(17)7-18-12-5-10(15)4-11(16)6-12/h3-6H,7H2,1-2H3. The van der Waals surface area contributed by atoms with Crippen LogP contribution in [0.1, 0.15) is 20.1 Å². The molecule has 0 bridgehead atoms. The molecule has 19 heavy (non-hydrogen) atoms. The maximum absolute atomic E-state index is 12.0. The smallest absolute Gasteiger partial charge is 0.201 e. The molecule has 0 radical (unpaired) electrons. The minimum atomic E-state index is -0.0436. The summed E-state index contributed by atoms with van der Waals surface area (Å²) in [6.07, 6.45) is 0. The number of benzene rings is 1. The summed E-state index contributed by atoms with van der Waals surface area (Å²) in [6.45, 7) is 3.89. The third-order valence-electron chi connectivity index (χ3n) is 2.55. The average molecular weight is 315 g/mol. The number of ether oxygens (including phenoxy) is 1. The Bertz CT molecular complexity index is 600. The maximum atomic E-state index is 12.0. The molecule has 1 heterocycles. The van der Waals surface area contributed by atoms with Gasteiger partial charge in [0.1, 0.15) is 5.75 Å². The van der Waals surface area contributed by atoms with Crippen molar-refractivity contribution >= 4 is 40.3 Å². The Kier molecular flexibility index (Phi) is 4.50. The van der Waals surface area contributed by atoms with Crippen molar-refractivity contribution in [2.45, 2.75) is 13.8 Å². The number of hydrogen-bond donors (Lipinski definition) is 0. The van der Waals surface area contributed by atoms with Gasteiger partial charge in [-0.1, -0.05) is 23.2 Å². The zero-order valence-electron chi connectivity index (χ0n) is 10.5. The topological polar surface area (TPSA) is 26.3 Å². The van der Waals surface area contributed by atoms with Crippen molar-refractivity contribution in [3.63, 3.8) is 0 Å². The highest BCUT2D eigenvalue weighted by Gasteiger charge is 2.13. The second kappa shape index (κ2) is 5.95. The van der Waals surface area contributed by atoms with Crippen molar-refractivity contribution in [1.29, 1.82) is 0 Å². The van der Waals surface area contributed by atoms with Crippen LogP contribution in [-0.4, -0.2) is 12.4 Å². The molecule has 0 aliphatic carbocycles. The minimum absolute atomic E-state index is 0.0202. The highest BCUT2D eigenvalue weighted by atomic mass is 35.5. The molecular weight excluding hydrogens is 303 g/mol. The molecule has 0 aliphatic heterocycles. The van der Waals surface area contributed by atoms with E-state index in [1.165, 1.54) is 0 Å². The Balaban J connectivity index is 2.06. The first-order valence-corrected chi connectivity index (χ1v) is 7.22. The molecule has 0 amide bonds. The fourth-order valence-electron chi connectivity index (χ4n) is 1.75. The van der Waals surface area contributed by atoms with Crippen molar-refractivity contribution in [1.82, 2.24) is 0 Å². The third kappa shape index (κ3) is 3.72. The third-order valence-corrected chi connectivity index (χ3v) is 3.95. The van der Waals surface area contributed by atoms with Gasteiger partial charge in [-0.15, -0.1) is 11.3 Å². The molecule has 0 fully saturated rings. The molecule has 0 spiro atoms. The Labute approximate surface area is 125 Å². The van der Waals surface area contributed by atoms with E-state index in [1.54, 1.807) is 29.5 Å². The fourth-order valence-corrected chi connectivity index (χ4v) is 3.19. The van der Waals surface area contributed by atoms with Gasteiger partial charge in [-0.05, 0) is 38.1 Å². The summed E-state index contributed by atoms with van der Waals surface area (Å²) < 4.78 is 5.43. The molecule has 0 saturated carbocycles. The molecule has 0 saturated heterocycles. The Morgan fingerprint density at radius 3 is 2.32 bits per heavy atom. The monoisotopic (exact) mass is 314 g/mol. The van der Waals surface area contributed by atoms with Crippen LogP contribution in [-0.2, 0) is 0 Å². The predicted octanol–water partition coefficient (Wildman–Crippen LogP) is 4.93. The zero-order valence-corrected chi connectivity index (χ0v) is 12.8. The number of hydrogen-bond acceptors (Lipinski definition) is 3. The molecule has 0 N–H and O–H groups in total. The van der Waals surface area contributed by atoms with E-state index in [0.29, 0.717) is 15.8 Å². The van der Waals surface area contributed by atoms with Crippen LogP contribution in [0.5, 0.6) is 5.75 Å². The van der Waals surface area contributed by atoms with Gasteiger partial charge in [0.25, 0.3) is 0 Å². The van der Waals surface area contributed by atoms with Crippen LogP contribution in [0.3, 0.4) is 0 Å². The highest BCUT2D eigenvalue weighted by Crippen LogP contribution is 2.25. The van der Waals surface area contributed by atoms with Gasteiger partial charge in [-0.25, -0.2) is 0 Å². The molecule has 1 aromatic carbocycles. The van der Waals surface area contributed by atoms with E-state index in [9.17, 15) is 4.79 Å². The zero-order chi connectivity index (χ0) is 14.0. The molecule has 1 aromatic heterocycles. The maximum Gasteiger partial charge on any atom is 0.201 e. The summed E-state index contributed by atoms with van der Waals surface area (Å²) in [5.41, 5.74) is 0.718. The van der Waals surface area contributed by atoms with E-state index < -0.39 is 0 Å². The van der Waals surface area contributed by atoms with Gasteiger partial charge in [0.2, 0.25) is 5.78 Å². The molecular formula is C14H12Cl2O2S. The number of halogens is 2. The number of rotatable bonds is 4. The summed E-state index contributed by atoms with van der Waals surface area (Å²) >= 11 is 13.3. The molecule has 2 nitrogen and oxygen atoms in total. The summed E-state index contributed by atoms with van der Waals surface area (Å²) in [6, 6.07) is 6.76. The van der Waals surface area contributed by atoms with Crippen molar-refractivity contribution in [3.05, 3.63) is 49.6 Å². The first-order chi connectivity index (χ1) is 8.95. The predicted molar refractivity (Wildman–Crippen MR) is 80.1 cm³/mol. The lowest BCUT2D eigenvalue weighted by Gasteiger charge is -2.06. The van der Waals surface area contributed by atoms with Gasteiger partial charge in [0, 0.05) is 25.4 Å². The van der Waals surface area contributed by atoms with Crippen molar-refractivity contribution in [3.8, 4) is 5.75 Å². The summed E-state index contributed by atoms with van der Waals surface area (Å²) in [5, 5.41) is 0.968. The number of aryl methyl sites for hydroxylation is 2. The molecule has 0 aliphatic rings. The molecule has 100 valence electrons. The normalized spacial score (nSPS) is 10.5. The van der Waals surface area contributed by atoms with Crippen molar-refractivity contribution in [2.24, 2.45) is 0 Å². The van der Waals surface area contributed by atoms with Gasteiger partial charge in [0.15, 0.2) is 6.61 Å². The van der Waals surface area contributed by atoms with Crippen LogP contribution < -0.4 is 4.74 Å². The van der Waals surface area contributed by atoms with Crippen molar-refractivity contribution in [2.75, 3.05) is 6.61 Å². The van der Waals surface area contributed by atoms with Gasteiger partial charge in [0.05, 0.1) is 0 Å². The number of thiophene rings is 1. The van der Waals surface area contributed by atoms with E-state index in [0.717, 1.165) is 15.3 Å². The van der Waals surface area contributed by atoms with Crippen LogP contribution in [0.25, 0.3) is 0 Å². The summed E-state index contributed by atoms with van der Waals surface area (Å²) in [5.74, 6) is 0.452. The molecule has 2 aromatic rings. The van der Waals surface area contributed by atoms with Gasteiger partial charge in [-0.2, -0.15) is 0 Å². The Morgan fingerprint density at radius 1 is 1.16 bits per heavy atom. The number of carbonyl (C=O) groups excluding carboxylic acids is 1. The van der Waals surface area contributed by atoms with E-state index in [2.05, 4.69) is 0 Å². The molecule has 2 rings (SSSR count). The largest absolute Gasteiger partial charge is 0.485 e. The quantitative estimate of drug-likeness (QED) is 0.748. The molecule has 0 unspecified atom stereocenters. The fraction of sp³-hybridized carbons (Fsp3) is 0.214. The number of carbonyl (C=O) groups is 1. The van der Waals surface area contributed by atoms with Crippen LogP contribution in [0.2, 0.25) is 10.0 Å². The first kappa shape index (κ1) is 14.4. The van der Waals surface area contributed by atoms with Gasteiger partial charge < -0.3 is 4.74 Å². The van der Waals surface area contributed by atoms with Crippen LogP contribution >= 0.6 is 34.5 Å². The van der Waals surface area contributed by atoms with Crippen LogP contribution in [0.15, 0.2) is 24.3 Å². The number of Topliss-reactive ketones (excluding diaryl/α,β-unsaturated/α-hetero) is 1. The van der Waals surface area contributed by atoms with E-state index in [-0.39, 0.29) is 12.4 Å². The SMILES string of the molecule is Cc1cc(C(=O)COc2cc(Cl)cc(Cl)c2)c(C)s1. The lowest BCUT2D eigenvalue weighted by molar-refractivity contribution is 0.0921. The Hall–Kier alpha value is -1.03. The van der Waals surface area contributed by atoms with Crippen molar-refractivity contribution < 1.29 is 9.53 Å². The Morgan fingerprint density at radius 2 is 1.79 bits per heavy atom. The summed E-state index contributed by atoms with van der Waals surface area (Å²) in [4.78, 5) is 14.2. The van der Waals surface area contributed by atoms with E-state index in [1.807, 2.05) is 19.9 Å².